The van der Waals surface area contributed by atoms with Crippen LogP contribution in [0.15, 0.2) is 42.5 Å². The Balaban J connectivity index is 1.43. The Morgan fingerprint density at radius 2 is 1.88 bits per heavy atom. The lowest BCUT2D eigenvalue weighted by Gasteiger charge is -2.13. The molecule has 0 aliphatic carbocycles. The van der Waals surface area contributed by atoms with Gasteiger partial charge in [-0.05, 0) is 67.6 Å². The van der Waals surface area contributed by atoms with E-state index in [4.69, 9.17) is 9.47 Å². The van der Waals surface area contributed by atoms with E-state index >= 15 is 0 Å². The van der Waals surface area contributed by atoms with Gasteiger partial charge < -0.3 is 19.4 Å². The lowest BCUT2D eigenvalue weighted by atomic mass is 10.1. The number of nitrogens with one attached hydrogen (secondary N) is 1. The number of ether oxygens (including phenoxy) is 2. The summed E-state index contributed by atoms with van der Waals surface area (Å²) in [6.45, 7) is 5.87. The number of fused-ring (bicyclic) bond motifs is 1. The average molecular weight is 449 g/mol. The summed E-state index contributed by atoms with van der Waals surface area (Å²) in [6.07, 6.45) is 5.48. The fourth-order valence-corrected chi connectivity index (χ4v) is 3.94. The molecule has 0 saturated heterocycles. The first-order valence-corrected chi connectivity index (χ1v) is 11.7. The van der Waals surface area contributed by atoms with Crippen LogP contribution < -0.4 is 14.8 Å². The second-order valence-corrected chi connectivity index (χ2v) is 8.83. The molecule has 2 aromatic carbocycles. The van der Waals surface area contributed by atoms with Crippen LogP contribution in [0.4, 0.5) is 5.69 Å². The van der Waals surface area contributed by atoms with Crippen molar-refractivity contribution in [3.8, 4) is 22.9 Å². The Kier molecular flexibility index (Phi) is 7.27. The molecule has 1 aromatic heterocycles. The van der Waals surface area contributed by atoms with Crippen molar-refractivity contribution < 1.29 is 14.3 Å². The van der Waals surface area contributed by atoms with E-state index < -0.39 is 0 Å². The fourth-order valence-electron chi connectivity index (χ4n) is 3.94. The second-order valence-electron chi connectivity index (χ2n) is 8.83. The number of aromatic nitrogens is 3. The number of anilines is 1. The summed E-state index contributed by atoms with van der Waals surface area (Å²) in [5.41, 5.74) is 2.23. The molecule has 174 valence electrons. The second kappa shape index (κ2) is 10.5. The number of benzene rings is 2. The minimum atomic E-state index is -0.203. The molecule has 0 spiro atoms. The standard InChI is InChI=1S/C26H32N4O3/c1-18(2)14-16-33-22-13-10-20(17-23(22)32-3)26(31)27-21-11-8-19(9-12-21)25-29-28-24-7-5-4-6-15-30(24)25/h8-13,17-18H,4-7,14-16H2,1-3H3,(H,27,31). The van der Waals surface area contributed by atoms with Gasteiger partial charge in [0.25, 0.3) is 5.91 Å². The zero-order chi connectivity index (χ0) is 23.2. The van der Waals surface area contributed by atoms with Crippen LogP contribution in [-0.2, 0) is 13.0 Å². The molecule has 0 unspecified atom stereocenters. The number of carbonyl (C=O) groups is 1. The molecule has 1 amide bonds. The third kappa shape index (κ3) is 5.53. The summed E-state index contributed by atoms with van der Waals surface area (Å²) in [6, 6.07) is 13.0. The number of amides is 1. The van der Waals surface area contributed by atoms with Gasteiger partial charge in [-0.3, -0.25) is 4.79 Å². The van der Waals surface area contributed by atoms with Gasteiger partial charge in [0.1, 0.15) is 5.82 Å². The van der Waals surface area contributed by atoms with Crippen molar-refractivity contribution in [3.05, 3.63) is 53.9 Å². The zero-order valence-electron chi connectivity index (χ0n) is 19.6. The molecule has 0 fully saturated rings. The van der Waals surface area contributed by atoms with Crippen LogP contribution in [0.2, 0.25) is 0 Å². The first kappa shape index (κ1) is 22.8. The van der Waals surface area contributed by atoms with Crippen molar-refractivity contribution in [2.24, 2.45) is 5.92 Å². The van der Waals surface area contributed by atoms with Crippen LogP contribution in [0.25, 0.3) is 11.4 Å². The van der Waals surface area contributed by atoms with Crippen molar-refractivity contribution in [2.75, 3.05) is 19.0 Å². The molecule has 2 heterocycles. The first-order valence-electron chi connectivity index (χ1n) is 11.7. The molecule has 7 nitrogen and oxygen atoms in total. The molecule has 1 aliphatic rings. The Labute approximate surface area is 195 Å². The predicted octanol–water partition coefficient (Wildman–Crippen LogP) is 5.36. The Morgan fingerprint density at radius 3 is 2.64 bits per heavy atom. The normalized spacial score (nSPS) is 13.3. The highest BCUT2D eigenvalue weighted by molar-refractivity contribution is 6.04. The van der Waals surface area contributed by atoms with E-state index in [0.717, 1.165) is 48.7 Å². The Bertz CT molecular complexity index is 1090. The van der Waals surface area contributed by atoms with Crippen LogP contribution in [-0.4, -0.2) is 34.4 Å². The number of rotatable bonds is 8. The highest BCUT2D eigenvalue weighted by Gasteiger charge is 2.16. The maximum absolute atomic E-state index is 12.8. The van der Waals surface area contributed by atoms with Gasteiger partial charge in [0.05, 0.1) is 13.7 Å². The maximum Gasteiger partial charge on any atom is 0.255 e. The number of carbonyl (C=O) groups excluding carboxylic acids is 1. The van der Waals surface area contributed by atoms with Gasteiger partial charge in [-0.1, -0.05) is 20.3 Å². The topological polar surface area (TPSA) is 78.3 Å². The molecule has 0 bridgehead atoms. The highest BCUT2D eigenvalue weighted by Crippen LogP contribution is 2.29. The van der Waals surface area contributed by atoms with Crippen molar-refractivity contribution in [1.82, 2.24) is 14.8 Å². The SMILES string of the molecule is COc1cc(C(=O)Nc2ccc(-c3nnc4n3CCCCC4)cc2)ccc1OCCC(C)C. The molecular formula is C26H32N4O3. The van der Waals surface area contributed by atoms with E-state index in [2.05, 4.69) is 33.9 Å². The van der Waals surface area contributed by atoms with E-state index in [-0.39, 0.29) is 5.91 Å². The van der Waals surface area contributed by atoms with Gasteiger partial charge >= 0.3 is 0 Å². The van der Waals surface area contributed by atoms with Gasteiger partial charge in [-0.25, -0.2) is 0 Å². The van der Waals surface area contributed by atoms with E-state index in [1.165, 1.54) is 12.8 Å². The number of hydrogen-bond donors (Lipinski definition) is 1. The van der Waals surface area contributed by atoms with E-state index in [9.17, 15) is 4.79 Å². The minimum absolute atomic E-state index is 0.203. The third-order valence-electron chi connectivity index (χ3n) is 5.89. The van der Waals surface area contributed by atoms with Crippen molar-refractivity contribution >= 4 is 11.6 Å². The monoisotopic (exact) mass is 448 g/mol. The lowest BCUT2D eigenvalue weighted by molar-refractivity contribution is 0.102. The lowest BCUT2D eigenvalue weighted by Crippen LogP contribution is -2.12. The number of nitrogens with zero attached hydrogens (tertiary/aromatic N) is 3. The summed E-state index contributed by atoms with van der Waals surface area (Å²) < 4.78 is 13.5. The quantitative estimate of drug-likeness (QED) is 0.502. The van der Waals surface area contributed by atoms with Crippen LogP contribution in [0, 0.1) is 5.92 Å². The number of hydrogen-bond acceptors (Lipinski definition) is 5. The van der Waals surface area contributed by atoms with Crippen molar-refractivity contribution in [3.63, 3.8) is 0 Å². The Morgan fingerprint density at radius 1 is 1.06 bits per heavy atom. The summed E-state index contributed by atoms with van der Waals surface area (Å²) in [5, 5.41) is 11.7. The summed E-state index contributed by atoms with van der Waals surface area (Å²) in [4.78, 5) is 12.8. The summed E-state index contributed by atoms with van der Waals surface area (Å²) in [5.74, 6) is 3.51. The van der Waals surface area contributed by atoms with E-state index in [0.29, 0.717) is 29.6 Å². The summed E-state index contributed by atoms with van der Waals surface area (Å²) in [7, 11) is 1.58. The molecule has 0 radical (unpaired) electrons. The molecule has 0 atom stereocenters. The zero-order valence-corrected chi connectivity index (χ0v) is 19.6. The molecule has 33 heavy (non-hydrogen) atoms. The number of aryl methyl sites for hydroxylation is 1. The van der Waals surface area contributed by atoms with Gasteiger partial charge in [0, 0.05) is 29.8 Å². The molecule has 1 N–H and O–H groups in total. The fraction of sp³-hybridized carbons (Fsp3) is 0.423. The molecule has 1 aliphatic heterocycles. The number of methoxy groups -OCH3 is 1. The molecule has 0 saturated carbocycles. The third-order valence-corrected chi connectivity index (χ3v) is 5.89. The van der Waals surface area contributed by atoms with Gasteiger partial charge in [0.15, 0.2) is 17.3 Å². The maximum atomic E-state index is 12.8. The first-order chi connectivity index (χ1) is 16.0. The van der Waals surface area contributed by atoms with Gasteiger partial charge in [-0.15, -0.1) is 10.2 Å². The largest absolute Gasteiger partial charge is 0.493 e. The molecule has 7 heteroatoms. The molecule has 4 rings (SSSR count). The van der Waals surface area contributed by atoms with Crippen LogP contribution >= 0.6 is 0 Å². The average Bonchev–Trinajstić information content (AvgIpc) is 3.07. The van der Waals surface area contributed by atoms with Gasteiger partial charge in [0.2, 0.25) is 0 Å². The molecular weight excluding hydrogens is 416 g/mol. The van der Waals surface area contributed by atoms with E-state index in [1.807, 2.05) is 24.3 Å². The highest BCUT2D eigenvalue weighted by atomic mass is 16.5. The Hall–Kier alpha value is -3.35. The van der Waals surface area contributed by atoms with Crippen molar-refractivity contribution in [1.29, 1.82) is 0 Å². The van der Waals surface area contributed by atoms with Crippen LogP contribution in [0.1, 0.15) is 55.7 Å². The van der Waals surface area contributed by atoms with E-state index in [1.54, 1.807) is 25.3 Å². The molecule has 3 aromatic rings. The van der Waals surface area contributed by atoms with Gasteiger partial charge in [-0.2, -0.15) is 0 Å². The van der Waals surface area contributed by atoms with Crippen molar-refractivity contribution in [2.45, 2.75) is 52.5 Å². The minimum Gasteiger partial charge on any atom is -0.493 e. The predicted molar refractivity (Wildman–Crippen MR) is 129 cm³/mol. The van der Waals surface area contributed by atoms with Crippen LogP contribution in [0.3, 0.4) is 0 Å². The van der Waals surface area contributed by atoms with Crippen LogP contribution in [0.5, 0.6) is 11.5 Å². The smallest absolute Gasteiger partial charge is 0.255 e. The summed E-state index contributed by atoms with van der Waals surface area (Å²) >= 11 is 0.